The van der Waals surface area contributed by atoms with Crippen molar-refractivity contribution in [3.63, 3.8) is 0 Å². The van der Waals surface area contributed by atoms with Crippen molar-refractivity contribution in [3.8, 4) is 0 Å². The van der Waals surface area contributed by atoms with Crippen LogP contribution in [0.15, 0.2) is 28.3 Å². The summed E-state index contributed by atoms with van der Waals surface area (Å²) in [6, 6.07) is 4.54. The molecule has 0 aliphatic carbocycles. The molecule has 0 saturated heterocycles. The van der Waals surface area contributed by atoms with Crippen LogP contribution in [0.1, 0.15) is 31.9 Å². The van der Waals surface area contributed by atoms with Crippen LogP contribution in [0.25, 0.3) is 5.78 Å². The van der Waals surface area contributed by atoms with Gasteiger partial charge in [-0.2, -0.15) is 9.97 Å². The molecule has 1 atom stereocenters. The molecule has 1 aliphatic heterocycles. The van der Waals surface area contributed by atoms with Crippen molar-refractivity contribution in [1.29, 1.82) is 0 Å². The molecule has 1 amide bonds. The Morgan fingerprint density at radius 3 is 2.90 bits per heavy atom. The molecule has 0 spiro atoms. The first-order valence-corrected chi connectivity index (χ1v) is 12.0. The topological polar surface area (TPSA) is 109 Å². The van der Waals surface area contributed by atoms with Gasteiger partial charge in [0.2, 0.25) is 17.8 Å². The largest absolute Gasteiger partial charge is 0.355 e. The van der Waals surface area contributed by atoms with Crippen LogP contribution < -0.4 is 16.0 Å². The lowest BCUT2D eigenvalue weighted by Crippen LogP contribution is -2.32. The van der Waals surface area contributed by atoms with E-state index in [1.165, 1.54) is 23.9 Å². The van der Waals surface area contributed by atoms with E-state index in [9.17, 15) is 9.18 Å². The molecule has 0 radical (unpaired) electrons. The van der Waals surface area contributed by atoms with Crippen LogP contribution in [0, 0.1) is 5.82 Å². The van der Waals surface area contributed by atoms with E-state index in [2.05, 4.69) is 36.1 Å². The van der Waals surface area contributed by atoms with Gasteiger partial charge in [0.1, 0.15) is 5.82 Å². The van der Waals surface area contributed by atoms with Gasteiger partial charge in [0, 0.05) is 23.7 Å². The molecule has 31 heavy (non-hydrogen) atoms. The standard InChI is InChI=1S/C19H23FN8OS2/c1-3-21-16-24-17(22-4-2)28-18(25-16)26-27-19(28)31-10-15(29)23-13-7-8-30-14-6-5-11(20)9-12(13)14/h5-6,9,13H,3-4,7-8,10H2,1-2H3,(H,23,29)(H2,21,22,24,25,26). The van der Waals surface area contributed by atoms with Crippen molar-refractivity contribution in [1.82, 2.24) is 29.9 Å². The number of hydrogen-bond donors (Lipinski definition) is 3. The highest BCUT2D eigenvalue weighted by Crippen LogP contribution is 2.36. The third-order valence-electron chi connectivity index (χ3n) is 4.59. The Balaban J connectivity index is 1.47. The number of anilines is 2. The van der Waals surface area contributed by atoms with Crippen molar-refractivity contribution < 1.29 is 9.18 Å². The normalized spacial score (nSPS) is 15.5. The van der Waals surface area contributed by atoms with Crippen molar-refractivity contribution >= 4 is 47.1 Å². The van der Waals surface area contributed by atoms with Crippen LogP contribution in [0.4, 0.5) is 16.3 Å². The van der Waals surface area contributed by atoms with Gasteiger partial charge in [0.05, 0.1) is 11.8 Å². The molecule has 9 nitrogen and oxygen atoms in total. The van der Waals surface area contributed by atoms with Gasteiger partial charge in [-0.3, -0.25) is 4.79 Å². The van der Waals surface area contributed by atoms with Crippen molar-refractivity contribution in [3.05, 3.63) is 29.6 Å². The number of amides is 1. The van der Waals surface area contributed by atoms with Gasteiger partial charge in [-0.15, -0.1) is 22.0 Å². The Morgan fingerprint density at radius 2 is 2.10 bits per heavy atom. The number of hydrogen-bond acceptors (Lipinski definition) is 9. The Kier molecular flexibility index (Phi) is 6.76. The van der Waals surface area contributed by atoms with E-state index in [0.29, 0.717) is 35.9 Å². The molecule has 164 valence electrons. The predicted molar refractivity (Wildman–Crippen MR) is 120 cm³/mol. The summed E-state index contributed by atoms with van der Waals surface area (Å²) in [7, 11) is 0. The number of thioether (sulfide) groups is 2. The second kappa shape index (κ2) is 9.69. The fourth-order valence-electron chi connectivity index (χ4n) is 3.28. The zero-order valence-corrected chi connectivity index (χ0v) is 18.8. The number of rotatable bonds is 8. The number of halogens is 1. The lowest BCUT2D eigenvalue weighted by Gasteiger charge is -2.25. The number of aromatic nitrogens is 5. The number of carbonyl (C=O) groups is 1. The van der Waals surface area contributed by atoms with Gasteiger partial charge in [-0.05, 0) is 44.0 Å². The maximum absolute atomic E-state index is 13.7. The SMILES string of the molecule is CCNc1nc(NCC)n2c(SCC(=O)NC3CCSc4ccc(F)cc43)nnc2n1. The van der Waals surface area contributed by atoms with Gasteiger partial charge in [-0.25, -0.2) is 8.79 Å². The summed E-state index contributed by atoms with van der Waals surface area (Å²) < 4.78 is 15.4. The molecule has 1 unspecified atom stereocenters. The van der Waals surface area contributed by atoms with Crippen molar-refractivity contribution in [2.75, 3.05) is 35.2 Å². The molecule has 3 heterocycles. The van der Waals surface area contributed by atoms with Gasteiger partial charge >= 0.3 is 0 Å². The summed E-state index contributed by atoms with van der Waals surface area (Å²) in [6.07, 6.45) is 0.761. The average molecular weight is 463 g/mol. The van der Waals surface area contributed by atoms with Crippen LogP contribution in [-0.2, 0) is 4.79 Å². The van der Waals surface area contributed by atoms with Crippen LogP contribution in [0.3, 0.4) is 0 Å². The monoisotopic (exact) mass is 462 g/mol. The molecule has 3 N–H and O–H groups in total. The Labute approximate surface area is 187 Å². The molecule has 0 saturated carbocycles. The van der Waals surface area contributed by atoms with Crippen LogP contribution in [-0.4, -0.2) is 55.1 Å². The lowest BCUT2D eigenvalue weighted by molar-refractivity contribution is -0.119. The quantitative estimate of drug-likeness (QED) is 0.435. The summed E-state index contributed by atoms with van der Waals surface area (Å²) >= 11 is 2.94. The smallest absolute Gasteiger partial charge is 0.261 e. The first-order valence-electron chi connectivity index (χ1n) is 10.0. The maximum atomic E-state index is 13.7. The van der Waals surface area contributed by atoms with Gasteiger partial charge < -0.3 is 16.0 Å². The van der Waals surface area contributed by atoms with E-state index in [1.807, 2.05) is 13.8 Å². The molecule has 12 heteroatoms. The summed E-state index contributed by atoms with van der Waals surface area (Å²) in [5.74, 6) is 2.01. The summed E-state index contributed by atoms with van der Waals surface area (Å²) in [5, 5.41) is 18.1. The number of benzene rings is 1. The van der Waals surface area contributed by atoms with Gasteiger partial charge in [0.25, 0.3) is 5.78 Å². The van der Waals surface area contributed by atoms with E-state index in [0.717, 1.165) is 22.6 Å². The lowest BCUT2D eigenvalue weighted by atomic mass is 10.0. The molecular weight excluding hydrogens is 439 g/mol. The zero-order chi connectivity index (χ0) is 21.8. The second-order valence-electron chi connectivity index (χ2n) is 6.78. The predicted octanol–water partition coefficient (Wildman–Crippen LogP) is 2.97. The second-order valence-corrected chi connectivity index (χ2v) is 8.86. The summed E-state index contributed by atoms with van der Waals surface area (Å²) in [4.78, 5) is 22.5. The minimum atomic E-state index is -0.294. The van der Waals surface area contributed by atoms with E-state index >= 15 is 0 Å². The van der Waals surface area contributed by atoms with Gasteiger partial charge in [0.15, 0.2) is 5.16 Å². The van der Waals surface area contributed by atoms with E-state index in [-0.39, 0.29) is 23.5 Å². The molecule has 1 aliphatic rings. The number of fused-ring (bicyclic) bond motifs is 2. The number of nitrogens with zero attached hydrogens (tertiary/aromatic N) is 5. The third kappa shape index (κ3) is 4.85. The minimum absolute atomic E-state index is 0.148. The van der Waals surface area contributed by atoms with E-state index < -0.39 is 0 Å². The highest BCUT2D eigenvalue weighted by molar-refractivity contribution is 7.99. The first-order chi connectivity index (χ1) is 15.1. The van der Waals surface area contributed by atoms with Crippen LogP contribution in [0.2, 0.25) is 0 Å². The fraction of sp³-hybridized carbons (Fsp3) is 0.421. The first kappa shape index (κ1) is 21.6. The molecular formula is C19H23FN8OS2. The molecule has 3 aromatic rings. The molecule has 2 aromatic heterocycles. The zero-order valence-electron chi connectivity index (χ0n) is 17.2. The third-order valence-corrected chi connectivity index (χ3v) is 6.65. The van der Waals surface area contributed by atoms with Crippen LogP contribution in [0.5, 0.6) is 0 Å². The van der Waals surface area contributed by atoms with Crippen molar-refractivity contribution in [2.24, 2.45) is 0 Å². The number of carbonyl (C=O) groups excluding carboxylic acids is 1. The van der Waals surface area contributed by atoms with Crippen molar-refractivity contribution in [2.45, 2.75) is 36.4 Å². The highest BCUT2D eigenvalue weighted by atomic mass is 32.2. The van der Waals surface area contributed by atoms with Gasteiger partial charge in [-0.1, -0.05) is 11.8 Å². The minimum Gasteiger partial charge on any atom is -0.355 e. The summed E-state index contributed by atoms with van der Waals surface area (Å²) in [6.45, 7) is 5.27. The Morgan fingerprint density at radius 1 is 1.26 bits per heavy atom. The fourth-order valence-corrected chi connectivity index (χ4v) is 5.12. The van der Waals surface area contributed by atoms with Crippen LogP contribution >= 0.6 is 23.5 Å². The number of nitrogens with one attached hydrogen (secondary N) is 3. The highest BCUT2D eigenvalue weighted by Gasteiger charge is 2.23. The molecule has 0 bridgehead atoms. The Hall–Kier alpha value is -2.60. The molecule has 1 aromatic carbocycles. The maximum Gasteiger partial charge on any atom is 0.261 e. The average Bonchev–Trinajstić information content (AvgIpc) is 3.16. The molecule has 4 rings (SSSR count). The Bertz CT molecular complexity index is 1090. The van der Waals surface area contributed by atoms with E-state index in [4.69, 9.17) is 0 Å². The summed E-state index contributed by atoms with van der Waals surface area (Å²) in [5.41, 5.74) is 0.835. The molecule has 0 fully saturated rings. The van der Waals surface area contributed by atoms with E-state index in [1.54, 1.807) is 22.2 Å².